The van der Waals surface area contributed by atoms with Crippen LogP contribution in [-0.4, -0.2) is 51.1 Å². The second-order valence-corrected chi connectivity index (χ2v) is 9.04. The number of likely N-dealkylation sites (tertiary alicyclic amines) is 1. The molecule has 0 bridgehead atoms. The van der Waals surface area contributed by atoms with Gasteiger partial charge in [-0.3, -0.25) is 15.1 Å². The average Bonchev–Trinajstić information content (AvgIpc) is 3.47. The molecule has 0 unspecified atom stereocenters. The highest BCUT2D eigenvalue weighted by atomic mass is 32.1. The number of aliphatic hydroxyl groups is 1. The Balaban J connectivity index is 1.44. The molecule has 0 aliphatic carbocycles. The Bertz CT molecular complexity index is 1360. The van der Waals surface area contributed by atoms with E-state index >= 15 is 0 Å². The van der Waals surface area contributed by atoms with E-state index in [1.807, 2.05) is 6.92 Å². The Kier molecular flexibility index (Phi) is 7.23. The van der Waals surface area contributed by atoms with Gasteiger partial charge in [0.15, 0.2) is 5.13 Å². The average molecular weight is 516 g/mol. The Labute approximate surface area is 208 Å². The van der Waals surface area contributed by atoms with E-state index in [9.17, 15) is 27.9 Å². The number of pyridine rings is 1. The van der Waals surface area contributed by atoms with Crippen molar-refractivity contribution in [3.05, 3.63) is 70.0 Å². The van der Waals surface area contributed by atoms with Crippen LogP contribution < -0.4 is 10.6 Å². The fourth-order valence-electron chi connectivity index (χ4n) is 3.38. The van der Waals surface area contributed by atoms with Gasteiger partial charge in [-0.2, -0.15) is 13.2 Å². The number of carbonyl (C=O) groups is 2. The zero-order chi connectivity index (χ0) is 25.9. The largest absolute Gasteiger partial charge is 0.416 e. The number of aryl methyl sites for hydroxylation is 1. The van der Waals surface area contributed by atoms with E-state index in [1.54, 1.807) is 18.2 Å². The lowest BCUT2D eigenvalue weighted by atomic mass is 10.1. The Morgan fingerprint density at radius 2 is 1.97 bits per heavy atom. The van der Waals surface area contributed by atoms with E-state index < -0.39 is 23.8 Å². The number of nitrogens with one attached hydrogen (secondary N) is 2. The molecule has 1 aliphatic rings. The number of rotatable bonds is 3. The van der Waals surface area contributed by atoms with Crippen LogP contribution in [0.5, 0.6) is 0 Å². The quantitative estimate of drug-likeness (QED) is 0.455. The molecule has 36 heavy (non-hydrogen) atoms. The van der Waals surface area contributed by atoms with Crippen molar-refractivity contribution in [3.8, 4) is 11.8 Å². The molecular formula is C24H20F3N5O3S. The summed E-state index contributed by atoms with van der Waals surface area (Å²) in [5, 5.41) is 15.2. The predicted molar refractivity (Wildman–Crippen MR) is 128 cm³/mol. The molecule has 186 valence electrons. The third kappa shape index (κ3) is 6.18. The van der Waals surface area contributed by atoms with Gasteiger partial charge in [-0.05, 0) is 49.1 Å². The first-order valence-corrected chi connectivity index (χ1v) is 11.6. The highest BCUT2D eigenvalue weighted by Gasteiger charge is 2.31. The number of aromatic nitrogens is 2. The Hall–Kier alpha value is -3.95. The highest BCUT2D eigenvalue weighted by Crippen LogP contribution is 2.29. The number of thiazole rings is 1. The summed E-state index contributed by atoms with van der Waals surface area (Å²) in [7, 11) is 0. The molecule has 0 radical (unpaired) electrons. The first-order valence-electron chi connectivity index (χ1n) is 10.8. The number of alkyl halides is 3. The molecule has 1 aliphatic heterocycles. The second kappa shape index (κ2) is 10.3. The summed E-state index contributed by atoms with van der Waals surface area (Å²) >= 11 is 1.19. The molecule has 2 aromatic heterocycles. The number of urea groups is 1. The van der Waals surface area contributed by atoms with Crippen molar-refractivity contribution < 1.29 is 27.9 Å². The first kappa shape index (κ1) is 25.2. The number of anilines is 2. The topological polar surface area (TPSA) is 107 Å². The molecule has 3 aromatic rings. The lowest BCUT2D eigenvalue weighted by Gasteiger charge is -2.14. The van der Waals surface area contributed by atoms with Crippen LogP contribution in [0.2, 0.25) is 0 Å². The molecule has 0 saturated carbocycles. The molecule has 1 atom stereocenters. The number of hydrogen-bond donors (Lipinski definition) is 3. The van der Waals surface area contributed by atoms with Crippen molar-refractivity contribution in [2.45, 2.75) is 25.6 Å². The van der Waals surface area contributed by atoms with Crippen LogP contribution in [0.4, 0.5) is 28.8 Å². The molecule has 3 N–H and O–H groups in total. The van der Waals surface area contributed by atoms with Gasteiger partial charge in [0.05, 0.1) is 22.7 Å². The Morgan fingerprint density at radius 1 is 1.17 bits per heavy atom. The maximum absolute atomic E-state index is 12.9. The number of benzene rings is 1. The summed E-state index contributed by atoms with van der Waals surface area (Å²) in [6.45, 7) is 2.58. The lowest BCUT2D eigenvalue weighted by Crippen LogP contribution is -2.33. The van der Waals surface area contributed by atoms with E-state index in [-0.39, 0.29) is 18.3 Å². The molecule has 0 spiro atoms. The van der Waals surface area contributed by atoms with Crippen LogP contribution in [-0.2, 0) is 6.18 Å². The molecular weight excluding hydrogens is 495 g/mol. The zero-order valence-electron chi connectivity index (χ0n) is 18.9. The fraction of sp³-hybridized carbons (Fsp3) is 0.250. The standard InChI is InChI=1S/C24H20F3N5O3S/c1-14-2-4-17(30-21(34)20-11-16(6-8-28-20)24(25,26)27)10-15(14)3-5-19-12-29-22(36-19)31-23(35)32-9-7-18(33)13-32/h2,4,6,8,10-12,18,33H,7,9,13H2,1H3,(H,30,34)(H,29,31,35)/t18-/m1/s1. The van der Waals surface area contributed by atoms with E-state index in [0.717, 1.165) is 17.8 Å². The van der Waals surface area contributed by atoms with Gasteiger partial charge in [0.1, 0.15) is 5.69 Å². The number of aliphatic hydroxyl groups excluding tert-OH is 1. The monoisotopic (exact) mass is 515 g/mol. The molecule has 4 rings (SSSR count). The lowest BCUT2D eigenvalue weighted by molar-refractivity contribution is -0.137. The molecule has 8 nitrogen and oxygen atoms in total. The van der Waals surface area contributed by atoms with Crippen LogP contribution in [0.15, 0.2) is 42.7 Å². The van der Waals surface area contributed by atoms with Gasteiger partial charge >= 0.3 is 12.2 Å². The van der Waals surface area contributed by atoms with E-state index in [1.165, 1.54) is 22.4 Å². The minimum absolute atomic E-state index is 0.278. The smallest absolute Gasteiger partial charge is 0.391 e. The highest BCUT2D eigenvalue weighted by molar-refractivity contribution is 7.16. The molecule has 3 heterocycles. The van der Waals surface area contributed by atoms with E-state index in [0.29, 0.717) is 40.3 Å². The zero-order valence-corrected chi connectivity index (χ0v) is 19.7. The minimum atomic E-state index is -4.58. The van der Waals surface area contributed by atoms with Gasteiger partial charge in [0.25, 0.3) is 5.91 Å². The van der Waals surface area contributed by atoms with Crippen LogP contribution in [0, 0.1) is 18.8 Å². The van der Waals surface area contributed by atoms with Crippen molar-refractivity contribution in [1.82, 2.24) is 14.9 Å². The number of amides is 3. The fourth-order valence-corrected chi connectivity index (χ4v) is 4.04. The molecule has 12 heteroatoms. The van der Waals surface area contributed by atoms with Crippen molar-refractivity contribution in [2.75, 3.05) is 23.7 Å². The van der Waals surface area contributed by atoms with Gasteiger partial charge < -0.3 is 15.3 Å². The third-order valence-corrected chi connectivity index (χ3v) is 6.13. The van der Waals surface area contributed by atoms with Crippen LogP contribution >= 0.6 is 11.3 Å². The molecule has 1 saturated heterocycles. The Morgan fingerprint density at radius 3 is 2.69 bits per heavy atom. The van der Waals surface area contributed by atoms with Crippen molar-refractivity contribution >= 4 is 34.1 Å². The maximum Gasteiger partial charge on any atom is 0.416 e. The number of carbonyl (C=O) groups excluding carboxylic acids is 2. The summed E-state index contributed by atoms with van der Waals surface area (Å²) in [4.78, 5) is 34.6. The van der Waals surface area contributed by atoms with E-state index in [4.69, 9.17) is 0 Å². The number of β-amino-alcohol motifs (C(OH)–C–C–N with tert-alkyl or cyclic N) is 1. The van der Waals surface area contributed by atoms with Gasteiger partial charge in [-0.25, -0.2) is 9.78 Å². The number of hydrogen-bond acceptors (Lipinski definition) is 6. The van der Waals surface area contributed by atoms with Crippen molar-refractivity contribution in [2.24, 2.45) is 0 Å². The number of nitrogens with zero attached hydrogens (tertiary/aromatic N) is 3. The summed E-state index contributed by atoms with van der Waals surface area (Å²) in [5.74, 6) is 5.17. The summed E-state index contributed by atoms with van der Waals surface area (Å²) in [5.41, 5.74) is 0.439. The van der Waals surface area contributed by atoms with Gasteiger partial charge in [-0.15, -0.1) is 0 Å². The molecule has 3 amide bonds. The molecule has 1 aromatic carbocycles. The SMILES string of the molecule is Cc1ccc(NC(=O)c2cc(C(F)(F)F)ccn2)cc1C#Cc1cnc(NC(=O)N2CC[C@@H](O)C2)s1. The predicted octanol–water partition coefficient (Wildman–Crippen LogP) is 4.12. The maximum atomic E-state index is 12.9. The number of halogens is 3. The van der Waals surface area contributed by atoms with Crippen molar-refractivity contribution in [1.29, 1.82) is 0 Å². The molecule has 1 fully saturated rings. The normalized spacial score (nSPS) is 15.2. The van der Waals surface area contributed by atoms with Gasteiger partial charge in [0, 0.05) is 30.5 Å². The van der Waals surface area contributed by atoms with E-state index in [2.05, 4.69) is 32.4 Å². The summed E-state index contributed by atoms with van der Waals surface area (Å²) in [6, 6.07) is 6.09. The van der Waals surface area contributed by atoms with Gasteiger partial charge in [0.2, 0.25) is 0 Å². The minimum Gasteiger partial charge on any atom is -0.391 e. The third-order valence-electron chi connectivity index (χ3n) is 5.31. The van der Waals surface area contributed by atoms with Crippen LogP contribution in [0.3, 0.4) is 0 Å². The van der Waals surface area contributed by atoms with Crippen LogP contribution in [0.1, 0.15) is 38.5 Å². The first-order chi connectivity index (χ1) is 17.1. The van der Waals surface area contributed by atoms with Crippen molar-refractivity contribution in [3.63, 3.8) is 0 Å². The van der Waals surface area contributed by atoms with Gasteiger partial charge in [-0.1, -0.05) is 23.3 Å². The summed E-state index contributed by atoms with van der Waals surface area (Å²) < 4.78 is 38.8. The second-order valence-electron chi connectivity index (χ2n) is 8.01. The summed E-state index contributed by atoms with van der Waals surface area (Å²) in [6.07, 6.45) is -2.10. The van der Waals surface area contributed by atoms with Crippen LogP contribution in [0.25, 0.3) is 0 Å².